The van der Waals surface area contributed by atoms with Gasteiger partial charge in [-0.25, -0.2) is 9.78 Å². The lowest BCUT2D eigenvalue weighted by molar-refractivity contribution is -0.118. The van der Waals surface area contributed by atoms with E-state index >= 15 is 0 Å². The van der Waals surface area contributed by atoms with Gasteiger partial charge in [0, 0.05) is 11.5 Å². The number of hydrogen-bond acceptors (Lipinski definition) is 6. The van der Waals surface area contributed by atoms with Crippen LogP contribution in [0.2, 0.25) is 0 Å². The lowest BCUT2D eigenvalue weighted by Crippen LogP contribution is -2.29. The molecule has 0 radical (unpaired) electrons. The monoisotopic (exact) mass is 304 g/mol. The quantitative estimate of drug-likeness (QED) is 0.511. The molecule has 10 nitrogen and oxygen atoms in total. The molecule has 0 bridgehead atoms. The van der Waals surface area contributed by atoms with E-state index in [1.54, 1.807) is 12.1 Å². The van der Waals surface area contributed by atoms with Crippen molar-refractivity contribution in [3.05, 3.63) is 22.6 Å². The van der Waals surface area contributed by atoms with E-state index < -0.39 is 6.09 Å². The van der Waals surface area contributed by atoms with Crippen LogP contribution in [0.15, 0.2) is 17.2 Å². The van der Waals surface area contributed by atoms with Crippen molar-refractivity contribution in [3.8, 4) is 5.75 Å². The Morgan fingerprint density at radius 1 is 1.50 bits per heavy atom. The van der Waals surface area contributed by atoms with Crippen LogP contribution in [0.3, 0.4) is 0 Å². The number of nitrogens with zero attached hydrogens (tertiary/aromatic N) is 5. The first-order valence-electron chi connectivity index (χ1n) is 6.60. The number of amides is 2. The van der Waals surface area contributed by atoms with E-state index in [4.69, 9.17) is 15.0 Å². The molecule has 22 heavy (non-hydrogen) atoms. The number of nitrogens with one attached hydrogen (secondary N) is 1. The zero-order valence-corrected chi connectivity index (χ0v) is 11.4. The number of pyridine rings is 1. The van der Waals surface area contributed by atoms with Gasteiger partial charge < -0.3 is 14.8 Å². The number of ether oxygens (including phenoxy) is 2. The smallest absolute Gasteiger partial charge is 0.415 e. The highest BCUT2D eigenvalue weighted by atomic mass is 16.6. The third kappa shape index (κ3) is 2.72. The molecule has 1 saturated heterocycles. The van der Waals surface area contributed by atoms with Gasteiger partial charge in [0.15, 0.2) is 18.2 Å². The summed E-state index contributed by atoms with van der Waals surface area (Å²) in [4.78, 5) is 31.4. The first-order chi connectivity index (χ1) is 10.7. The topological polar surface area (TPSA) is 130 Å². The summed E-state index contributed by atoms with van der Waals surface area (Å²) < 4.78 is 10.4. The van der Waals surface area contributed by atoms with E-state index in [-0.39, 0.29) is 31.0 Å². The van der Waals surface area contributed by atoms with Crippen molar-refractivity contribution in [1.82, 2.24) is 4.98 Å². The molecule has 0 saturated carbocycles. The van der Waals surface area contributed by atoms with E-state index in [0.29, 0.717) is 24.5 Å². The summed E-state index contributed by atoms with van der Waals surface area (Å²) >= 11 is 0. The fourth-order valence-electron chi connectivity index (χ4n) is 2.21. The molecular formula is C12H12N6O4. The Morgan fingerprint density at radius 2 is 2.36 bits per heavy atom. The number of fused-ring (bicyclic) bond motifs is 1. The first kappa shape index (κ1) is 14.0. The van der Waals surface area contributed by atoms with Gasteiger partial charge >= 0.3 is 6.09 Å². The van der Waals surface area contributed by atoms with Gasteiger partial charge in [0.2, 0.25) is 0 Å². The van der Waals surface area contributed by atoms with Crippen molar-refractivity contribution in [2.45, 2.75) is 12.5 Å². The van der Waals surface area contributed by atoms with Crippen molar-refractivity contribution in [2.24, 2.45) is 5.11 Å². The molecule has 1 aromatic heterocycles. The number of hydrogen-bond donors (Lipinski definition) is 1. The summed E-state index contributed by atoms with van der Waals surface area (Å²) in [6.07, 6.45) is -0.444. The Hall–Kier alpha value is -3.00. The lowest BCUT2D eigenvalue weighted by atomic mass is 10.2. The van der Waals surface area contributed by atoms with Gasteiger partial charge in [0.25, 0.3) is 5.91 Å². The van der Waals surface area contributed by atoms with Gasteiger partial charge in [-0.1, -0.05) is 5.11 Å². The van der Waals surface area contributed by atoms with Crippen molar-refractivity contribution < 1.29 is 19.1 Å². The summed E-state index contributed by atoms with van der Waals surface area (Å²) in [6.45, 7) is 0.505. The SMILES string of the molecule is [N-]=[N+]=NCCC1CN(c2ccc3c(n2)NC(=O)CO3)C(=O)O1. The van der Waals surface area contributed by atoms with Gasteiger partial charge in [-0.15, -0.1) is 0 Å². The first-order valence-corrected chi connectivity index (χ1v) is 6.60. The zero-order valence-electron chi connectivity index (χ0n) is 11.4. The van der Waals surface area contributed by atoms with E-state index in [9.17, 15) is 9.59 Å². The van der Waals surface area contributed by atoms with E-state index in [1.165, 1.54) is 4.90 Å². The number of rotatable bonds is 4. The Kier molecular flexibility index (Phi) is 3.67. The second kappa shape index (κ2) is 5.78. The molecule has 0 aliphatic carbocycles. The van der Waals surface area contributed by atoms with Crippen LogP contribution >= 0.6 is 0 Å². The highest BCUT2D eigenvalue weighted by Crippen LogP contribution is 2.30. The van der Waals surface area contributed by atoms with Crippen LogP contribution in [0.5, 0.6) is 5.75 Å². The highest BCUT2D eigenvalue weighted by molar-refractivity contribution is 5.95. The predicted octanol–water partition coefficient (Wildman–Crippen LogP) is 1.44. The lowest BCUT2D eigenvalue weighted by Gasteiger charge is -2.19. The molecule has 2 aliphatic rings. The fourth-order valence-corrected chi connectivity index (χ4v) is 2.21. The molecule has 2 aliphatic heterocycles. The summed E-state index contributed by atoms with van der Waals surface area (Å²) in [6, 6.07) is 3.26. The molecule has 1 aromatic rings. The second-order valence-corrected chi connectivity index (χ2v) is 4.71. The summed E-state index contributed by atoms with van der Waals surface area (Å²) in [5.41, 5.74) is 8.24. The minimum Gasteiger partial charge on any atom is -0.480 e. The summed E-state index contributed by atoms with van der Waals surface area (Å²) in [5, 5.41) is 6.00. The third-order valence-electron chi connectivity index (χ3n) is 3.23. The zero-order chi connectivity index (χ0) is 15.5. The van der Waals surface area contributed by atoms with Gasteiger partial charge in [-0.2, -0.15) is 0 Å². The molecule has 1 fully saturated rings. The third-order valence-corrected chi connectivity index (χ3v) is 3.23. The summed E-state index contributed by atoms with van der Waals surface area (Å²) in [5.74, 6) is 0.795. The van der Waals surface area contributed by atoms with Crippen LogP contribution < -0.4 is 15.0 Å². The molecule has 10 heteroatoms. The van der Waals surface area contributed by atoms with Crippen LogP contribution in [-0.2, 0) is 9.53 Å². The van der Waals surface area contributed by atoms with E-state index in [1.807, 2.05) is 0 Å². The average Bonchev–Trinajstić information content (AvgIpc) is 2.87. The van der Waals surface area contributed by atoms with E-state index in [2.05, 4.69) is 20.3 Å². The number of aromatic nitrogens is 1. The van der Waals surface area contributed by atoms with Crippen molar-refractivity contribution in [2.75, 3.05) is 29.9 Å². The van der Waals surface area contributed by atoms with Crippen LogP contribution in [0.4, 0.5) is 16.4 Å². The van der Waals surface area contributed by atoms with Crippen LogP contribution in [-0.4, -0.2) is 42.8 Å². The molecular weight excluding hydrogens is 292 g/mol. The maximum absolute atomic E-state index is 11.9. The molecule has 3 heterocycles. The second-order valence-electron chi connectivity index (χ2n) is 4.71. The molecule has 0 spiro atoms. The van der Waals surface area contributed by atoms with Gasteiger partial charge in [-0.3, -0.25) is 9.69 Å². The Bertz CT molecular complexity index is 672. The van der Waals surface area contributed by atoms with Crippen molar-refractivity contribution >= 4 is 23.6 Å². The number of azide groups is 1. The normalized spacial score (nSPS) is 19.6. The number of anilines is 2. The number of carbonyl (C=O) groups excluding carboxylic acids is 2. The summed E-state index contributed by atoms with van der Waals surface area (Å²) in [7, 11) is 0. The van der Waals surface area contributed by atoms with Crippen LogP contribution in [0, 0.1) is 0 Å². The molecule has 1 atom stereocenters. The Labute approximate surface area is 124 Å². The molecule has 3 rings (SSSR count). The minimum absolute atomic E-state index is 0.0543. The molecule has 2 amide bonds. The Balaban J connectivity index is 1.74. The molecule has 114 valence electrons. The van der Waals surface area contributed by atoms with Crippen LogP contribution in [0.1, 0.15) is 6.42 Å². The number of cyclic esters (lactones) is 1. The Morgan fingerprint density at radius 3 is 3.18 bits per heavy atom. The highest BCUT2D eigenvalue weighted by Gasteiger charge is 2.33. The van der Waals surface area contributed by atoms with Gasteiger partial charge in [0.1, 0.15) is 11.9 Å². The van der Waals surface area contributed by atoms with Crippen LogP contribution in [0.25, 0.3) is 10.4 Å². The maximum Gasteiger partial charge on any atom is 0.415 e. The number of carbonyl (C=O) groups is 2. The van der Waals surface area contributed by atoms with Gasteiger partial charge in [-0.05, 0) is 24.1 Å². The average molecular weight is 304 g/mol. The molecule has 1 unspecified atom stereocenters. The fraction of sp³-hybridized carbons (Fsp3) is 0.417. The van der Waals surface area contributed by atoms with Gasteiger partial charge in [0.05, 0.1) is 6.54 Å². The maximum atomic E-state index is 11.9. The van der Waals surface area contributed by atoms with Crippen molar-refractivity contribution in [1.29, 1.82) is 0 Å². The van der Waals surface area contributed by atoms with E-state index in [0.717, 1.165) is 0 Å². The molecule has 0 aromatic carbocycles. The largest absolute Gasteiger partial charge is 0.480 e. The predicted molar refractivity (Wildman–Crippen MR) is 74.6 cm³/mol. The minimum atomic E-state index is -0.526. The molecule has 1 N–H and O–H groups in total. The van der Waals surface area contributed by atoms with Crippen molar-refractivity contribution in [3.63, 3.8) is 0 Å². The standard InChI is InChI=1S/C12H12N6O4/c13-17-14-4-3-7-5-18(12(20)22-7)9-2-1-8-11(15-9)16-10(19)6-21-8/h1-2,7H,3-6H2,(H,15,16,19).